The molecule has 1 aliphatic rings. The van der Waals surface area contributed by atoms with E-state index in [9.17, 15) is 18.0 Å². The molecule has 2 rings (SSSR count). The Labute approximate surface area is 113 Å². The molecule has 8 heteroatoms. The fourth-order valence-corrected chi connectivity index (χ4v) is 1.58. The Hall–Kier alpha value is -1.83. The molecule has 0 aromatic carbocycles. The summed E-state index contributed by atoms with van der Waals surface area (Å²) in [6.07, 6.45) is -3.69. The molecular weight excluding hydrogens is 275 g/mol. The van der Waals surface area contributed by atoms with Gasteiger partial charge in [0.1, 0.15) is 6.61 Å². The summed E-state index contributed by atoms with van der Waals surface area (Å²) in [7, 11) is 0. The number of hydrogen-bond acceptors (Lipinski definition) is 4. The van der Waals surface area contributed by atoms with E-state index in [4.69, 9.17) is 4.74 Å². The number of amides is 1. The first-order valence-corrected chi connectivity index (χ1v) is 6.11. The van der Waals surface area contributed by atoms with Gasteiger partial charge in [0.2, 0.25) is 11.8 Å². The zero-order chi connectivity index (χ0) is 14.6. The molecule has 1 fully saturated rings. The molecule has 0 atom stereocenters. The van der Waals surface area contributed by atoms with Crippen molar-refractivity contribution in [2.24, 2.45) is 5.92 Å². The predicted molar refractivity (Wildman–Crippen MR) is 64.1 cm³/mol. The van der Waals surface area contributed by atoms with Gasteiger partial charge in [0, 0.05) is 25.4 Å². The van der Waals surface area contributed by atoms with Gasteiger partial charge in [-0.15, -0.1) is 0 Å². The number of rotatable bonds is 5. The minimum absolute atomic E-state index is 0.000746. The molecule has 0 saturated carbocycles. The molecular formula is C12H14F3N3O2. The average Bonchev–Trinajstić information content (AvgIpc) is 2.32. The van der Waals surface area contributed by atoms with E-state index in [2.05, 4.69) is 15.6 Å². The Balaban J connectivity index is 1.70. The third-order valence-electron chi connectivity index (χ3n) is 2.87. The first-order valence-electron chi connectivity index (χ1n) is 6.11. The minimum atomic E-state index is -4.41. The van der Waals surface area contributed by atoms with Crippen molar-refractivity contribution in [2.75, 3.05) is 26.2 Å². The van der Waals surface area contributed by atoms with E-state index in [0.29, 0.717) is 19.3 Å². The maximum atomic E-state index is 12.3. The van der Waals surface area contributed by atoms with E-state index >= 15 is 0 Å². The van der Waals surface area contributed by atoms with Crippen LogP contribution in [-0.2, 0) is 11.0 Å². The Morgan fingerprint density at radius 1 is 1.45 bits per heavy atom. The minimum Gasteiger partial charge on any atom is -0.476 e. The van der Waals surface area contributed by atoms with Crippen LogP contribution in [0.4, 0.5) is 13.2 Å². The summed E-state index contributed by atoms with van der Waals surface area (Å²) in [5.74, 6) is 0.0458. The molecule has 1 aromatic heterocycles. The Kier molecular flexibility index (Phi) is 4.43. The third-order valence-corrected chi connectivity index (χ3v) is 2.87. The highest BCUT2D eigenvalue weighted by Crippen LogP contribution is 2.29. The number of carbonyl (C=O) groups excluding carboxylic acids is 1. The fourth-order valence-electron chi connectivity index (χ4n) is 1.58. The molecule has 0 radical (unpaired) electrons. The van der Waals surface area contributed by atoms with E-state index in [-0.39, 0.29) is 30.9 Å². The summed E-state index contributed by atoms with van der Waals surface area (Å²) >= 11 is 0. The summed E-state index contributed by atoms with van der Waals surface area (Å²) in [5.41, 5.74) is -0.823. The van der Waals surface area contributed by atoms with E-state index in [0.717, 1.165) is 12.1 Å². The number of carbonyl (C=O) groups is 1. The number of halogens is 3. The van der Waals surface area contributed by atoms with Crippen molar-refractivity contribution in [3.63, 3.8) is 0 Å². The number of aromatic nitrogens is 1. The summed E-state index contributed by atoms with van der Waals surface area (Å²) in [4.78, 5) is 15.0. The van der Waals surface area contributed by atoms with Crippen LogP contribution < -0.4 is 15.4 Å². The Bertz CT molecular complexity index is 458. The van der Waals surface area contributed by atoms with Crippen LogP contribution in [-0.4, -0.2) is 37.1 Å². The highest BCUT2D eigenvalue weighted by atomic mass is 19.4. The molecule has 1 aromatic rings. The topological polar surface area (TPSA) is 63.2 Å². The highest BCUT2D eigenvalue weighted by Gasteiger charge is 2.30. The maximum absolute atomic E-state index is 12.3. The van der Waals surface area contributed by atoms with Gasteiger partial charge in [0.05, 0.1) is 18.0 Å². The SMILES string of the molecule is O=C(NCCOc1ccc(C(F)(F)F)cn1)C1CNC1. The monoisotopic (exact) mass is 289 g/mol. The number of nitrogens with one attached hydrogen (secondary N) is 2. The summed E-state index contributed by atoms with van der Waals surface area (Å²) in [6, 6.07) is 2.06. The van der Waals surface area contributed by atoms with Gasteiger partial charge >= 0.3 is 6.18 Å². The number of nitrogens with zero attached hydrogens (tertiary/aromatic N) is 1. The number of pyridine rings is 1. The van der Waals surface area contributed by atoms with E-state index in [1.807, 2.05) is 0 Å². The van der Waals surface area contributed by atoms with Crippen molar-refractivity contribution in [2.45, 2.75) is 6.18 Å². The molecule has 1 aliphatic heterocycles. The van der Waals surface area contributed by atoms with E-state index < -0.39 is 11.7 Å². The van der Waals surface area contributed by atoms with Crippen molar-refractivity contribution in [3.8, 4) is 5.88 Å². The first-order chi connectivity index (χ1) is 9.47. The summed E-state index contributed by atoms with van der Waals surface area (Å²) in [6.45, 7) is 1.79. The quantitative estimate of drug-likeness (QED) is 0.788. The number of hydrogen-bond donors (Lipinski definition) is 2. The summed E-state index contributed by atoms with van der Waals surface area (Å²) < 4.78 is 42.0. The van der Waals surface area contributed by atoms with Gasteiger partial charge in [-0.1, -0.05) is 0 Å². The molecule has 1 saturated heterocycles. The predicted octanol–water partition coefficient (Wildman–Crippen LogP) is 0.815. The summed E-state index contributed by atoms with van der Waals surface area (Å²) in [5, 5.41) is 5.66. The van der Waals surface area contributed by atoms with E-state index in [1.54, 1.807) is 0 Å². The molecule has 5 nitrogen and oxygen atoms in total. The molecule has 2 N–H and O–H groups in total. The van der Waals surface area contributed by atoms with E-state index in [1.165, 1.54) is 0 Å². The van der Waals surface area contributed by atoms with Gasteiger partial charge in [0.15, 0.2) is 0 Å². The lowest BCUT2D eigenvalue weighted by Gasteiger charge is -2.25. The Morgan fingerprint density at radius 3 is 2.70 bits per heavy atom. The third kappa shape index (κ3) is 3.83. The maximum Gasteiger partial charge on any atom is 0.417 e. The van der Waals surface area contributed by atoms with Crippen molar-refractivity contribution < 1.29 is 22.7 Å². The van der Waals surface area contributed by atoms with Gasteiger partial charge in [-0.3, -0.25) is 4.79 Å². The number of ether oxygens (including phenoxy) is 1. The molecule has 0 unspecified atom stereocenters. The van der Waals surface area contributed by atoms with Crippen LogP contribution in [0.25, 0.3) is 0 Å². The molecule has 0 aliphatic carbocycles. The van der Waals surface area contributed by atoms with Crippen LogP contribution in [0.3, 0.4) is 0 Å². The number of alkyl halides is 3. The van der Waals surface area contributed by atoms with Crippen molar-refractivity contribution in [1.82, 2.24) is 15.6 Å². The molecule has 1 amide bonds. The zero-order valence-electron chi connectivity index (χ0n) is 10.5. The van der Waals surface area contributed by atoms with Crippen molar-refractivity contribution in [3.05, 3.63) is 23.9 Å². The Morgan fingerprint density at radius 2 is 2.20 bits per heavy atom. The lowest BCUT2D eigenvalue weighted by Crippen LogP contribution is -2.51. The van der Waals surface area contributed by atoms with Gasteiger partial charge in [-0.2, -0.15) is 13.2 Å². The van der Waals surface area contributed by atoms with Gasteiger partial charge in [0.25, 0.3) is 0 Å². The lowest BCUT2D eigenvalue weighted by atomic mass is 10.0. The fraction of sp³-hybridized carbons (Fsp3) is 0.500. The second-order valence-corrected chi connectivity index (χ2v) is 4.38. The van der Waals surface area contributed by atoms with Gasteiger partial charge in [-0.05, 0) is 6.07 Å². The average molecular weight is 289 g/mol. The van der Waals surface area contributed by atoms with Crippen LogP contribution in [0, 0.1) is 5.92 Å². The molecule has 2 heterocycles. The van der Waals surface area contributed by atoms with Crippen molar-refractivity contribution >= 4 is 5.91 Å². The lowest BCUT2D eigenvalue weighted by molar-refractivity contribution is -0.137. The highest BCUT2D eigenvalue weighted by molar-refractivity contribution is 5.79. The molecule has 110 valence electrons. The van der Waals surface area contributed by atoms with Crippen LogP contribution in [0.1, 0.15) is 5.56 Å². The molecule has 0 bridgehead atoms. The van der Waals surface area contributed by atoms with Gasteiger partial charge in [-0.25, -0.2) is 4.98 Å². The second kappa shape index (κ2) is 6.08. The zero-order valence-corrected chi connectivity index (χ0v) is 10.5. The standard InChI is InChI=1S/C12H14F3N3O2/c13-12(14,15)9-1-2-10(18-7-9)20-4-3-17-11(19)8-5-16-6-8/h1-2,7-8,16H,3-6H2,(H,17,19). The van der Waals surface area contributed by atoms with Crippen LogP contribution in [0.2, 0.25) is 0 Å². The van der Waals surface area contributed by atoms with Crippen LogP contribution >= 0.6 is 0 Å². The van der Waals surface area contributed by atoms with Crippen LogP contribution in [0.15, 0.2) is 18.3 Å². The van der Waals surface area contributed by atoms with Crippen LogP contribution in [0.5, 0.6) is 5.88 Å². The van der Waals surface area contributed by atoms with Gasteiger partial charge < -0.3 is 15.4 Å². The smallest absolute Gasteiger partial charge is 0.417 e. The largest absolute Gasteiger partial charge is 0.476 e. The molecule has 0 spiro atoms. The first kappa shape index (κ1) is 14.6. The molecule has 20 heavy (non-hydrogen) atoms. The van der Waals surface area contributed by atoms with Crippen molar-refractivity contribution in [1.29, 1.82) is 0 Å². The second-order valence-electron chi connectivity index (χ2n) is 4.38. The normalized spacial score (nSPS) is 15.6.